The lowest BCUT2D eigenvalue weighted by atomic mass is 9.87. The van der Waals surface area contributed by atoms with E-state index < -0.39 is 5.60 Å². The molecule has 1 aliphatic heterocycles. The van der Waals surface area contributed by atoms with E-state index >= 15 is 0 Å². The van der Waals surface area contributed by atoms with E-state index in [1.807, 2.05) is 22.2 Å². The zero-order valence-electron chi connectivity index (χ0n) is 11.5. The first-order chi connectivity index (χ1) is 9.06. The number of fused-ring (bicyclic) bond motifs is 1. The standard InChI is InChI=1S/C14H21N3OS/c1-11(2)16-5-3-14(18,4-6-16)9-12-10-17-7-8-19-13(17)15-12/h7-8,10-11,18H,3-6,9H2,1-2H3. The molecule has 0 radical (unpaired) electrons. The molecule has 104 valence electrons. The fourth-order valence-corrected chi connectivity index (χ4v) is 3.55. The third-order valence-electron chi connectivity index (χ3n) is 4.11. The van der Waals surface area contributed by atoms with E-state index in [-0.39, 0.29) is 0 Å². The van der Waals surface area contributed by atoms with Gasteiger partial charge in [0.2, 0.25) is 0 Å². The van der Waals surface area contributed by atoms with Gasteiger partial charge >= 0.3 is 0 Å². The number of imidazole rings is 1. The third-order valence-corrected chi connectivity index (χ3v) is 4.88. The van der Waals surface area contributed by atoms with Crippen molar-refractivity contribution in [3.63, 3.8) is 0 Å². The van der Waals surface area contributed by atoms with Gasteiger partial charge in [0.15, 0.2) is 4.96 Å². The summed E-state index contributed by atoms with van der Waals surface area (Å²) in [5.41, 5.74) is 0.433. The monoisotopic (exact) mass is 279 g/mol. The highest BCUT2D eigenvalue weighted by atomic mass is 32.1. The molecule has 1 saturated heterocycles. The van der Waals surface area contributed by atoms with E-state index in [0.717, 1.165) is 36.6 Å². The van der Waals surface area contributed by atoms with Crippen molar-refractivity contribution in [1.82, 2.24) is 14.3 Å². The number of piperidine rings is 1. The lowest BCUT2D eigenvalue weighted by Crippen LogP contribution is -2.47. The van der Waals surface area contributed by atoms with Crippen LogP contribution < -0.4 is 0 Å². The first-order valence-corrected chi connectivity index (χ1v) is 7.81. The largest absolute Gasteiger partial charge is 0.389 e. The van der Waals surface area contributed by atoms with Crippen LogP contribution >= 0.6 is 11.3 Å². The minimum Gasteiger partial charge on any atom is -0.389 e. The smallest absolute Gasteiger partial charge is 0.193 e. The quantitative estimate of drug-likeness (QED) is 0.936. The Labute approximate surface area is 117 Å². The van der Waals surface area contributed by atoms with Crippen molar-refractivity contribution in [1.29, 1.82) is 0 Å². The second-order valence-corrected chi connectivity index (χ2v) is 6.73. The highest BCUT2D eigenvalue weighted by Gasteiger charge is 2.33. The molecule has 0 aromatic carbocycles. The first kappa shape index (κ1) is 13.1. The zero-order valence-corrected chi connectivity index (χ0v) is 12.4. The van der Waals surface area contributed by atoms with Crippen LogP contribution in [0.2, 0.25) is 0 Å². The maximum absolute atomic E-state index is 10.7. The molecule has 2 aromatic rings. The zero-order chi connectivity index (χ0) is 13.5. The average molecular weight is 279 g/mol. The molecule has 0 spiro atoms. The number of nitrogens with zero attached hydrogens (tertiary/aromatic N) is 3. The summed E-state index contributed by atoms with van der Waals surface area (Å²) in [6.07, 6.45) is 6.42. The van der Waals surface area contributed by atoms with E-state index in [9.17, 15) is 5.11 Å². The maximum atomic E-state index is 10.7. The van der Waals surface area contributed by atoms with Crippen LogP contribution in [-0.4, -0.2) is 44.1 Å². The van der Waals surface area contributed by atoms with Crippen molar-refractivity contribution in [2.75, 3.05) is 13.1 Å². The predicted molar refractivity (Wildman–Crippen MR) is 77.7 cm³/mol. The normalized spacial score (nSPS) is 20.4. The molecule has 0 atom stereocenters. The summed E-state index contributed by atoms with van der Waals surface area (Å²) in [6, 6.07) is 0.572. The van der Waals surface area contributed by atoms with Crippen molar-refractivity contribution >= 4 is 16.3 Å². The van der Waals surface area contributed by atoms with Crippen LogP contribution in [0.3, 0.4) is 0 Å². The van der Waals surface area contributed by atoms with Crippen LogP contribution in [0, 0.1) is 0 Å². The number of aliphatic hydroxyl groups is 1. The van der Waals surface area contributed by atoms with Crippen LogP contribution in [0.5, 0.6) is 0 Å². The SMILES string of the molecule is CC(C)N1CCC(O)(Cc2cn3ccsc3n2)CC1. The summed E-state index contributed by atoms with van der Waals surface area (Å²) in [6.45, 7) is 6.40. The van der Waals surface area contributed by atoms with Crippen molar-refractivity contribution in [2.24, 2.45) is 0 Å². The number of thiazole rings is 1. The Morgan fingerprint density at radius 2 is 2.16 bits per heavy atom. The van der Waals surface area contributed by atoms with E-state index in [2.05, 4.69) is 23.7 Å². The van der Waals surface area contributed by atoms with Gasteiger partial charge in [-0.05, 0) is 26.7 Å². The topological polar surface area (TPSA) is 40.8 Å². The summed E-state index contributed by atoms with van der Waals surface area (Å²) in [7, 11) is 0. The third kappa shape index (κ3) is 2.68. The lowest BCUT2D eigenvalue weighted by Gasteiger charge is -2.39. The van der Waals surface area contributed by atoms with Gasteiger partial charge in [0.05, 0.1) is 11.3 Å². The first-order valence-electron chi connectivity index (χ1n) is 6.93. The molecular weight excluding hydrogens is 258 g/mol. The minimum atomic E-state index is -0.574. The Morgan fingerprint density at radius 1 is 1.42 bits per heavy atom. The van der Waals surface area contributed by atoms with Gasteiger partial charge in [-0.25, -0.2) is 4.98 Å². The second-order valence-electron chi connectivity index (χ2n) is 5.86. The maximum Gasteiger partial charge on any atom is 0.193 e. The molecule has 3 heterocycles. The molecule has 0 bridgehead atoms. The summed E-state index contributed by atoms with van der Waals surface area (Å²) in [5.74, 6) is 0. The lowest BCUT2D eigenvalue weighted by molar-refractivity contribution is -0.0276. The summed E-state index contributed by atoms with van der Waals surface area (Å²) in [4.78, 5) is 8.02. The number of aromatic nitrogens is 2. The molecule has 1 N–H and O–H groups in total. The van der Waals surface area contributed by atoms with Crippen molar-refractivity contribution in [3.05, 3.63) is 23.5 Å². The van der Waals surface area contributed by atoms with Crippen molar-refractivity contribution in [3.8, 4) is 0 Å². The molecule has 19 heavy (non-hydrogen) atoms. The average Bonchev–Trinajstić information content (AvgIpc) is 2.89. The Hall–Kier alpha value is -0.910. The number of hydrogen-bond acceptors (Lipinski definition) is 4. The van der Waals surface area contributed by atoms with Gasteiger partial charge in [0.1, 0.15) is 0 Å². The molecule has 1 aliphatic rings. The van der Waals surface area contributed by atoms with Gasteiger partial charge in [0, 0.05) is 43.3 Å². The molecular formula is C14H21N3OS. The predicted octanol–water partition coefficient (Wildman–Crippen LogP) is 2.17. The van der Waals surface area contributed by atoms with Gasteiger partial charge in [-0.3, -0.25) is 4.40 Å². The molecule has 0 unspecified atom stereocenters. The minimum absolute atomic E-state index is 0.572. The summed E-state index contributed by atoms with van der Waals surface area (Å²) < 4.78 is 2.03. The molecule has 3 rings (SSSR count). The van der Waals surface area contributed by atoms with E-state index in [4.69, 9.17) is 0 Å². The van der Waals surface area contributed by atoms with E-state index in [1.165, 1.54) is 0 Å². The second kappa shape index (κ2) is 4.89. The molecule has 0 amide bonds. The van der Waals surface area contributed by atoms with Crippen molar-refractivity contribution < 1.29 is 5.11 Å². The van der Waals surface area contributed by atoms with Crippen LogP contribution in [0.4, 0.5) is 0 Å². The highest BCUT2D eigenvalue weighted by Crippen LogP contribution is 2.27. The fourth-order valence-electron chi connectivity index (χ4n) is 2.83. The Morgan fingerprint density at radius 3 is 2.79 bits per heavy atom. The highest BCUT2D eigenvalue weighted by molar-refractivity contribution is 7.15. The summed E-state index contributed by atoms with van der Waals surface area (Å²) in [5, 5.41) is 12.7. The van der Waals surface area contributed by atoms with E-state index in [0.29, 0.717) is 12.5 Å². The van der Waals surface area contributed by atoms with Crippen LogP contribution in [-0.2, 0) is 6.42 Å². The molecule has 1 fully saturated rings. The Bertz CT molecular complexity index is 523. The van der Waals surface area contributed by atoms with Gasteiger partial charge in [-0.1, -0.05) is 0 Å². The van der Waals surface area contributed by atoms with Gasteiger partial charge < -0.3 is 10.0 Å². The van der Waals surface area contributed by atoms with Crippen molar-refractivity contribution in [2.45, 2.75) is 44.8 Å². The number of hydrogen-bond donors (Lipinski definition) is 1. The van der Waals surface area contributed by atoms with Gasteiger partial charge in [-0.15, -0.1) is 11.3 Å². The molecule has 5 heteroatoms. The van der Waals surface area contributed by atoms with E-state index in [1.54, 1.807) is 11.3 Å². The molecule has 4 nitrogen and oxygen atoms in total. The van der Waals surface area contributed by atoms with Gasteiger partial charge in [-0.2, -0.15) is 0 Å². The summed E-state index contributed by atoms with van der Waals surface area (Å²) >= 11 is 1.64. The molecule has 2 aromatic heterocycles. The number of rotatable bonds is 3. The van der Waals surface area contributed by atoms with Gasteiger partial charge in [0.25, 0.3) is 0 Å². The molecule has 0 aliphatic carbocycles. The molecule has 0 saturated carbocycles. The Kier molecular flexibility index (Phi) is 3.37. The Balaban J connectivity index is 1.67. The van der Waals surface area contributed by atoms with Crippen LogP contribution in [0.1, 0.15) is 32.4 Å². The van der Waals surface area contributed by atoms with Crippen LogP contribution in [0.15, 0.2) is 17.8 Å². The fraction of sp³-hybridized carbons (Fsp3) is 0.643. The number of likely N-dealkylation sites (tertiary alicyclic amines) is 1. The van der Waals surface area contributed by atoms with Crippen LogP contribution in [0.25, 0.3) is 4.96 Å².